The van der Waals surface area contributed by atoms with Crippen molar-refractivity contribution in [1.29, 1.82) is 0 Å². The average Bonchev–Trinajstić information content (AvgIpc) is 2.31. The molecule has 4 nitrogen and oxygen atoms in total. The molecule has 18 heavy (non-hydrogen) atoms. The Hall–Kier alpha value is -1.08. The zero-order valence-corrected chi connectivity index (χ0v) is 10.1. The Morgan fingerprint density at radius 3 is 2.78 bits per heavy atom. The summed E-state index contributed by atoms with van der Waals surface area (Å²) in [5.41, 5.74) is -0.967. The van der Waals surface area contributed by atoms with Gasteiger partial charge in [-0.1, -0.05) is 11.6 Å². The van der Waals surface area contributed by atoms with Crippen molar-refractivity contribution in [3.05, 3.63) is 16.8 Å². The Kier molecular flexibility index (Phi) is 3.91. The summed E-state index contributed by atoms with van der Waals surface area (Å²) in [6, 6.07) is 0.958. The van der Waals surface area contributed by atoms with Gasteiger partial charge in [0.25, 0.3) is 0 Å². The first kappa shape index (κ1) is 13.4. The van der Waals surface area contributed by atoms with E-state index in [1.807, 2.05) is 0 Å². The van der Waals surface area contributed by atoms with Crippen molar-refractivity contribution in [2.45, 2.75) is 25.1 Å². The molecule has 0 spiro atoms. The van der Waals surface area contributed by atoms with Gasteiger partial charge in [0.15, 0.2) is 5.15 Å². The van der Waals surface area contributed by atoms with Crippen LogP contribution in [0.15, 0.2) is 6.07 Å². The van der Waals surface area contributed by atoms with Crippen LogP contribution in [-0.4, -0.2) is 29.3 Å². The highest BCUT2D eigenvalue weighted by atomic mass is 35.5. The Morgan fingerprint density at radius 2 is 2.17 bits per heavy atom. The van der Waals surface area contributed by atoms with Crippen molar-refractivity contribution < 1.29 is 13.2 Å². The highest BCUT2D eigenvalue weighted by molar-refractivity contribution is 6.30. The number of nitrogens with one attached hydrogen (secondary N) is 2. The number of aromatic nitrogens is 2. The molecule has 1 saturated heterocycles. The first-order valence-electron chi connectivity index (χ1n) is 5.54. The van der Waals surface area contributed by atoms with E-state index >= 15 is 0 Å². The second-order valence-corrected chi connectivity index (χ2v) is 4.48. The van der Waals surface area contributed by atoms with E-state index in [1.165, 1.54) is 0 Å². The van der Waals surface area contributed by atoms with Crippen LogP contribution in [-0.2, 0) is 6.18 Å². The van der Waals surface area contributed by atoms with Crippen molar-refractivity contribution in [1.82, 2.24) is 15.5 Å². The van der Waals surface area contributed by atoms with Crippen molar-refractivity contribution in [3.8, 4) is 0 Å². The van der Waals surface area contributed by atoms with Crippen LogP contribution in [0.1, 0.15) is 18.4 Å². The summed E-state index contributed by atoms with van der Waals surface area (Å²) in [5.74, 6) is 0.0976. The maximum atomic E-state index is 12.6. The van der Waals surface area contributed by atoms with Gasteiger partial charge in [0, 0.05) is 12.6 Å². The lowest BCUT2D eigenvalue weighted by Gasteiger charge is -2.24. The molecule has 8 heteroatoms. The van der Waals surface area contributed by atoms with Crippen LogP contribution < -0.4 is 10.6 Å². The SMILES string of the molecule is FC(F)(F)c1cc(N[C@@H]2CCCNC2)nnc1Cl. The topological polar surface area (TPSA) is 49.8 Å². The number of halogens is 4. The summed E-state index contributed by atoms with van der Waals surface area (Å²) in [5, 5.41) is 12.4. The van der Waals surface area contributed by atoms with Gasteiger partial charge in [0.2, 0.25) is 0 Å². The summed E-state index contributed by atoms with van der Waals surface area (Å²) in [6.07, 6.45) is -2.66. The first-order chi connectivity index (χ1) is 8.47. The molecular weight excluding hydrogens is 269 g/mol. The molecule has 1 atom stereocenters. The molecule has 2 heterocycles. The largest absolute Gasteiger partial charge is 0.419 e. The lowest BCUT2D eigenvalue weighted by atomic mass is 10.1. The molecule has 1 fully saturated rings. The minimum atomic E-state index is -4.52. The Balaban J connectivity index is 2.14. The lowest BCUT2D eigenvalue weighted by Crippen LogP contribution is -2.38. The highest BCUT2D eigenvalue weighted by Gasteiger charge is 2.34. The fourth-order valence-electron chi connectivity index (χ4n) is 1.83. The fourth-order valence-corrected chi connectivity index (χ4v) is 2.03. The molecule has 0 radical (unpaired) electrons. The molecule has 1 aliphatic heterocycles. The summed E-state index contributed by atoms with van der Waals surface area (Å²) < 4.78 is 37.8. The van der Waals surface area contributed by atoms with E-state index < -0.39 is 16.9 Å². The molecule has 1 aliphatic rings. The molecule has 0 aromatic carbocycles. The van der Waals surface area contributed by atoms with Crippen molar-refractivity contribution >= 4 is 17.4 Å². The second-order valence-electron chi connectivity index (χ2n) is 4.12. The van der Waals surface area contributed by atoms with Crippen molar-refractivity contribution in [3.63, 3.8) is 0 Å². The van der Waals surface area contributed by atoms with Gasteiger partial charge in [0.05, 0.1) is 5.56 Å². The maximum Gasteiger partial charge on any atom is 0.419 e. The second kappa shape index (κ2) is 5.27. The van der Waals surface area contributed by atoms with Crippen LogP contribution >= 0.6 is 11.6 Å². The fraction of sp³-hybridized carbons (Fsp3) is 0.600. The highest BCUT2D eigenvalue weighted by Crippen LogP contribution is 2.34. The van der Waals surface area contributed by atoms with Crippen LogP contribution in [0.3, 0.4) is 0 Å². The predicted molar refractivity (Wildman–Crippen MR) is 61.6 cm³/mol. The Morgan fingerprint density at radius 1 is 1.39 bits per heavy atom. The smallest absolute Gasteiger partial charge is 0.365 e. The number of nitrogens with zero attached hydrogens (tertiary/aromatic N) is 2. The van der Waals surface area contributed by atoms with E-state index in [-0.39, 0.29) is 11.9 Å². The minimum absolute atomic E-state index is 0.0651. The van der Waals surface area contributed by atoms with Crippen LogP contribution in [0.2, 0.25) is 5.15 Å². The summed E-state index contributed by atoms with van der Waals surface area (Å²) in [7, 11) is 0. The zero-order chi connectivity index (χ0) is 13.2. The third-order valence-electron chi connectivity index (χ3n) is 2.70. The van der Waals surface area contributed by atoms with Gasteiger partial charge in [0.1, 0.15) is 5.82 Å². The molecule has 0 unspecified atom stereocenters. The third kappa shape index (κ3) is 3.23. The quantitative estimate of drug-likeness (QED) is 0.873. The normalized spacial score (nSPS) is 20.8. The van der Waals surface area contributed by atoms with Crippen LogP contribution in [0, 0.1) is 0 Å². The molecule has 0 amide bonds. The number of alkyl halides is 3. The molecule has 100 valence electrons. The van der Waals surface area contributed by atoms with Gasteiger partial charge in [-0.15, -0.1) is 10.2 Å². The van der Waals surface area contributed by atoms with Crippen LogP contribution in [0.4, 0.5) is 19.0 Å². The minimum Gasteiger partial charge on any atom is -0.365 e. The number of hydrogen-bond acceptors (Lipinski definition) is 4. The van der Waals surface area contributed by atoms with Crippen LogP contribution in [0.25, 0.3) is 0 Å². The Labute approximate surface area is 107 Å². The summed E-state index contributed by atoms with van der Waals surface area (Å²) >= 11 is 5.39. The van der Waals surface area contributed by atoms with Gasteiger partial charge in [-0.3, -0.25) is 0 Å². The van der Waals surface area contributed by atoms with E-state index in [0.29, 0.717) is 6.54 Å². The lowest BCUT2D eigenvalue weighted by molar-refractivity contribution is -0.137. The van der Waals surface area contributed by atoms with E-state index in [0.717, 1.165) is 25.5 Å². The molecular formula is C10H12ClF3N4. The van der Waals surface area contributed by atoms with Crippen LogP contribution in [0.5, 0.6) is 0 Å². The van der Waals surface area contributed by atoms with Gasteiger partial charge in [-0.05, 0) is 25.5 Å². The van der Waals surface area contributed by atoms with Crippen molar-refractivity contribution in [2.75, 3.05) is 18.4 Å². The number of rotatable bonds is 2. The zero-order valence-electron chi connectivity index (χ0n) is 9.39. The van der Waals surface area contributed by atoms with E-state index in [1.54, 1.807) is 0 Å². The molecule has 2 rings (SSSR count). The third-order valence-corrected chi connectivity index (χ3v) is 2.98. The standard InChI is InChI=1S/C10H12ClF3N4/c11-9-7(10(12,13)14)4-8(17-18-9)16-6-2-1-3-15-5-6/h4,6,15H,1-3,5H2,(H,16,17)/t6-/m1/s1. The number of hydrogen-bond donors (Lipinski definition) is 2. The molecule has 0 bridgehead atoms. The van der Waals surface area contributed by atoms with Gasteiger partial charge < -0.3 is 10.6 Å². The molecule has 0 aliphatic carbocycles. The molecule has 2 N–H and O–H groups in total. The first-order valence-corrected chi connectivity index (χ1v) is 5.92. The number of anilines is 1. The summed E-state index contributed by atoms with van der Waals surface area (Å²) in [6.45, 7) is 1.63. The van der Waals surface area contributed by atoms with E-state index in [2.05, 4.69) is 20.8 Å². The predicted octanol–water partition coefficient (Wildman–Crippen LogP) is 2.31. The number of piperidine rings is 1. The molecule has 0 saturated carbocycles. The molecule has 1 aromatic rings. The van der Waals surface area contributed by atoms with Gasteiger partial charge in [-0.25, -0.2) is 0 Å². The average molecular weight is 281 g/mol. The van der Waals surface area contributed by atoms with E-state index in [9.17, 15) is 13.2 Å². The summed E-state index contributed by atoms with van der Waals surface area (Å²) in [4.78, 5) is 0. The van der Waals surface area contributed by atoms with E-state index in [4.69, 9.17) is 11.6 Å². The monoisotopic (exact) mass is 280 g/mol. The van der Waals surface area contributed by atoms with Gasteiger partial charge >= 0.3 is 6.18 Å². The maximum absolute atomic E-state index is 12.6. The molecule has 1 aromatic heterocycles. The van der Waals surface area contributed by atoms with Crippen molar-refractivity contribution in [2.24, 2.45) is 0 Å². The van der Waals surface area contributed by atoms with Gasteiger partial charge in [-0.2, -0.15) is 13.2 Å². The Bertz CT molecular complexity index is 418.